The Morgan fingerprint density at radius 3 is 2.93 bits per heavy atom. The van der Waals surface area contributed by atoms with Gasteiger partial charge in [-0.25, -0.2) is 5.01 Å². The van der Waals surface area contributed by atoms with Gasteiger partial charge in [-0.1, -0.05) is 6.92 Å². The van der Waals surface area contributed by atoms with E-state index >= 15 is 0 Å². The molecule has 4 heteroatoms. The number of hydrogen-bond donors (Lipinski definition) is 2. The molecule has 0 radical (unpaired) electrons. The van der Waals surface area contributed by atoms with Crippen LogP contribution in [0.1, 0.15) is 27.2 Å². The van der Waals surface area contributed by atoms with E-state index in [4.69, 9.17) is 4.74 Å². The maximum absolute atomic E-state index is 5.06. The number of ether oxygens (including phenoxy) is 1. The number of nitrogens with one attached hydrogen (secondary N) is 2. The van der Waals surface area contributed by atoms with Gasteiger partial charge in [-0.3, -0.25) is 5.43 Å². The zero-order valence-corrected chi connectivity index (χ0v) is 10.5. The molecule has 4 nitrogen and oxygen atoms in total. The van der Waals surface area contributed by atoms with E-state index in [1.807, 2.05) is 0 Å². The van der Waals surface area contributed by atoms with E-state index in [-0.39, 0.29) is 5.54 Å². The third-order valence-corrected chi connectivity index (χ3v) is 3.66. The summed E-state index contributed by atoms with van der Waals surface area (Å²) >= 11 is 0. The van der Waals surface area contributed by atoms with Crippen LogP contribution in [0.4, 0.5) is 0 Å². The van der Waals surface area contributed by atoms with E-state index < -0.39 is 0 Å². The third kappa shape index (κ3) is 2.91. The highest BCUT2D eigenvalue weighted by atomic mass is 16.5. The fraction of sp³-hybridized carbons (Fsp3) is 1.00. The fourth-order valence-corrected chi connectivity index (χ4v) is 2.14. The molecule has 2 unspecified atom stereocenters. The average Bonchev–Trinajstić information content (AvgIpc) is 2.24. The molecule has 0 bridgehead atoms. The predicted molar refractivity (Wildman–Crippen MR) is 62.7 cm³/mol. The van der Waals surface area contributed by atoms with Gasteiger partial charge in [0, 0.05) is 38.3 Å². The first-order chi connectivity index (χ1) is 7.15. The van der Waals surface area contributed by atoms with Crippen LogP contribution < -0.4 is 10.7 Å². The van der Waals surface area contributed by atoms with E-state index in [2.05, 4.69) is 36.5 Å². The summed E-state index contributed by atoms with van der Waals surface area (Å²) < 4.78 is 5.06. The maximum Gasteiger partial charge on any atom is 0.0601 e. The van der Waals surface area contributed by atoms with Crippen molar-refractivity contribution in [1.29, 1.82) is 0 Å². The van der Waals surface area contributed by atoms with Gasteiger partial charge < -0.3 is 10.1 Å². The summed E-state index contributed by atoms with van der Waals surface area (Å²) in [6.45, 7) is 10.6. The van der Waals surface area contributed by atoms with Crippen molar-refractivity contribution in [2.75, 3.05) is 33.4 Å². The summed E-state index contributed by atoms with van der Waals surface area (Å²) in [7, 11) is 1.74. The molecule has 1 heterocycles. The molecule has 0 aromatic heterocycles. The van der Waals surface area contributed by atoms with Crippen LogP contribution in [0.3, 0.4) is 0 Å². The van der Waals surface area contributed by atoms with Crippen LogP contribution in [0.25, 0.3) is 0 Å². The normalized spacial score (nSPS) is 33.2. The van der Waals surface area contributed by atoms with Crippen LogP contribution in [0.5, 0.6) is 0 Å². The van der Waals surface area contributed by atoms with Crippen LogP contribution >= 0.6 is 0 Å². The molecule has 1 aliphatic heterocycles. The third-order valence-electron chi connectivity index (χ3n) is 3.66. The monoisotopic (exact) mass is 215 g/mol. The molecule has 1 fully saturated rings. The highest BCUT2D eigenvalue weighted by Crippen LogP contribution is 2.24. The molecule has 0 amide bonds. The molecular weight excluding hydrogens is 190 g/mol. The first kappa shape index (κ1) is 12.9. The van der Waals surface area contributed by atoms with Crippen molar-refractivity contribution in [2.24, 2.45) is 0 Å². The van der Waals surface area contributed by atoms with Crippen LogP contribution in [-0.4, -0.2) is 49.9 Å². The number of hydrazine groups is 1. The van der Waals surface area contributed by atoms with Gasteiger partial charge in [0.25, 0.3) is 0 Å². The summed E-state index contributed by atoms with van der Waals surface area (Å²) in [5.74, 6) is 0. The van der Waals surface area contributed by atoms with Gasteiger partial charge >= 0.3 is 0 Å². The van der Waals surface area contributed by atoms with Crippen molar-refractivity contribution in [3.8, 4) is 0 Å². The van der Waals surface area contributed by atoms with Crippen LogP contribution in [-0.2, 0) is 4.74 Å². The Hall–Kier alpha value is -0.160. The van der Waals surface area contributed by atoms with E-state index in [1.54, 1.807) is 7.11 Å². The summed E-state index contributed by atoms with van der Waals surface area (Å²) in [6.07, 6.45) is 1.14. The fourth-order valence-electron chi connectivity index (χ4n) is 2.14. The highest BCUT2D eigenvalue weighted by molar-refractivity contribution is 4.96. The first-order valence-electron chi connectivity index (χ1n) is 5.88. The Morgan fingerprint density at radius 1 is 1.60 bits per heavy atom. The molecular formula is C11H25N3O. The van der Waals surface area contributed by atoms with Gasteiger partial charge in [0.2, 0.25) is 0 Å². The Labute approximate surface area is 93.3 Å². The minimum Gasteiger partial charge on any atom is -0.383 e. The van der Waals surface area contributed by atoms with E-state index in [9.17, 15) is 0 Å². The Bertz CT molecular complexity index is 189. The minimum absolute atomic E-state index is 0.200. The largest absolute Gasteiger partial charge is 0.383 e. The van der Waals surface area contributed by atoms with Gasteiger partial charge in [-0.2, -0.15) is 0 Å². The smallest absolute Gasteiger partial charge is 0.0601 e. The van der Waals surface area contributed by atoms with Gasteiger partial charge in [0.05, 0.1) is 6.61 Å². The van der Waals surface area contributed by atoms with Crippen molar-refractivity contribution in [1.82, 2.24) is 15.8 Å². The molecule has 0 saturated carbocycles. The Kier molecular flexibility index (Phi) is 4.99. The average molecular weight is 215 g/mol. The molecule has 2 atom stereocenters. The molecule has 90 valence electrons. The topological polar surface area (TPSA) is 36.5 Å². The lowest BCUT2D eigenvalue weighted by Crippen LogP contribution is -2.68. The molecule has 15 heavy (non-hydrogen) atoms. The summed E-state index contributed by atoms with van der Waals surface area (Å²) in [6, 6.07) is 0.520. The lowest BCUT2D eigenvalue weighted by atomic mass is 9.88. The van der Waals surface area contributed by atoms with Crippen molar-refractivity contribution < 1.29 is 4.74 Å². The Morgan fingerprint density at radius 2 is 2.33 bits per heavy atom. The maximum atomic E-state index is 5.06. The standard InChI is InChI=1S/C11H25N3O/c1-5-11(3)10(2)12-6-8-14(11)13-7-9-15-4/h10,12-13H,5-9H2,1-4H3. The van der Waals surface area contributed by atoms with Crippen LogP contribution in [0.2, 0.25) is 0 Å². The summed E-state index contributed by atoms with van der Waals surface area (Å²) in [5, 5.41) is 5.90. The molecule has 0 aromatic rings. The second kappa shape index (κ2) is 5.80. The number of nitrogens with zero attached hydrogens (tertiary/aromatic N) is 1. The lowest BCUT2D eigenvalue weighted by Gasteiger charge is -2.49. The molecule has 2 N–H and O–H groups in total. The molecule has 0 aliphatic carbocycles. The van der Waals surface area contributed by atoms with Crippen LogP contribution in [0.15, 0.2) is 0 Å². The molecule has 1 saturated heterocycles. The Balaban J connectivity index is 2.51. The van der Waals surface area contributed by atoms with E-state index in [1.165, 1.54) is 0 Å². The minimum atomic E-state index is 0.200. The zero-order chi connectivity index (χ0) is 11.3. The van der Waals surface area contributed by atoms with E-state index in [0.717, 1.165) is 32.7 Å². The number of hydrogen-bond acceptors (Lipinski definition) is 4. The van der Waals surface area contributed by atoms with Crippen molar-refractivity contribution in [3.05, 3.63) is 0 Å². The molecule has 0 aromatic carbocycles. The number of methoxy groups -OCH3 is 1. The second-order valence-corrected chi connectivity index (χ2v) is 4.44. The van der Waals surface area contributed by atoms with Crippen molar-refractivity contribution in [2.45, 2.75) is 38.8 Å². The SMILES string of the molecule is CCC1(C)C(C)NCCN1NCCOC. The number of rotatable bonds is 5. The molecule has 1 rings (SSSR count). The van der Waals surface area contributed by atoms with Crippen molar-refractivity contribution in [3.63, 3.8) is 0 Å². The van der Waals surface area contributed by atoms with Crippen molar-refractivity contribution >= 4 is 0 Å². The predicted octanol–water partition coefficient (Wildman–Crippen LogP) is 0.600. The van der Waals surface area contributed by atoms with Gasteiger partial charge in [0.15, 0.2) is 0 Å². The molecule has 0 spiro atoms. The second-order valence-electron chi connectivity index (χ2n) is 4.44. The van der Waals surface area contributed by atoms with Crippen LogP contribution in [0, 0.1) is 0 Å². The summed E-state index contributed by atoms with van der Waals surface area (Å²) in [4.78, 5) is 0. The van der Waals surface area contributed by atoms with Gasteiger partial charge in [-0.05, 0) is 20.3 Å². The first-order valence-corrected chi connectivity index (χ1v) is 5.88. The lowest BCUT2D eigenvalue weighted by molar-refractivity contribution is -0.0132. The zero-order valence-electron chi connectivity index (χ0n) is 10.5. The highest BCUT2D eigenvalue weighted by Gasteiger charge is 2.38. The quantitative estimate of drug-likeness (QED) is 0.659. The summed E-state index contributed by atoms with van der Waals surface area (Å²) in [5.41, 5.74) is 3.66. The van der Waals surface area contributed by atoms with Gasteiger partial charge in [0.1, 0.15) is 0 Å². The van der Waals surface area contributed by atoms with E-state index in [0.29, 0.717) is 6.04 Å². The number of piperazine rings is 1. The molecule has 1 aliphatic rings. The van der Waals surface area contributed by atoms with Gasteiger partial charge in [-0.15, -0.1) is 0 Å².